The second-order valence-electron chi connectivity index (χ2n) is 7.07. The zero-order chi connectivity index (χ0) is 19.3. The molecule has 1 aliphatic heterocycles. The predicted molar refractivity (Wildman–Crippen MR) is 106 cm³/mol. The monoisotopic (exact) mass is 372 g/mol. The molecular formula is C21H20N6O. The summed E-state index contributed by atoms with van der Waals surface area (Å²) in [5.74, 6) is 1.00. The van der Waals surface area contributed by atoms with Gasteiger partial charge in [0.25, 0.3) is 5.91 Å². The summed E-state index contributed by atoms with van der Waals surface area (Å²) in [5, 5.41) is 4.23. The SMILES string of the molecule is Cn1nccc1-c1ccnc2c1C(=O)N(CCc1nc3ccccc3n1C)C2. The average Bonchev–Trinajstić information content (AvgIpc) is 3.37. The van der Waals surface area contributed by atoms with Crippen LogP contribution in [0.2, 0.25) is 0 Å². The van der Waals surface area contributed by atoms with Crippen molar-refractivity contribution in [1.82, 2.24) is 29.2 Å². The van der Waals surface area contributed by atoms with Gasteiger partial charge in [-0.25, -0.2) is 4.98 Å². The van der Waals surface area contributed by atoms with E-state index < -0.39 is 0 Å². The maximum atomic E-state index is 13.1. The Morgan fingerprint density at radius 2 is 1.93 bits per heavy atom. The Balaban J connectivity index is 1.41. The lowest BCUT2D eigenvalue weighted by molar-refractivity contribution is 0.0779. The average molecular weight is 372 g/mol. The van der Waals surface area contributed by atoms with Crippen molar-refractivity contribution in [2.75, 3.05) is 6.54 Å². The number of carbonyl (C=O) groups excluding carboxylic acids is 1. The van der Waals surface area contributed by atoms with Crippen LogP contribution in [-0.4, -0.2) is 41.7 Å². The van der Waals surface area contributed by atoms with Crippen molar-refractivity contribution in [3.05, 3.63) is 65.9 Å². The van der Waals surface area contributed by atoms with E-state index in [2.05, 4.69) is 20.7 Å². The van der Waals surface area contributed by atoms with Gasteiger partial charge in [-0.1, -0.05) is 12.1 Å². The van der Waals surface area contributed by atoms with Crippen LogP contribution in [0.15, 0.2) is 48.8 Å². The number of benzene rings is 1. The Morgan fingerprint density at radius 3 is 2.71 bits per heavy atom. The molecule has 4 heterocycles. The van der Waals surface area contributed by atoms with Gasteiger partial charge in [-0.05, 0) is 24.3 Å². The number of hydrogen-bond acceptors (Lipinski definition) is 4. The molecule has 0 aliphatic carbocycles. The van der Waals surface area contributed by atoms with Gasteiger partial charge in [-0.2, -0.15) is 5.10 Å². The van der Waals surface area contributed by atoms with E-state index in [1.807, 2.05) is 49.3 Å². The van der Waals surface area contributed by atoms with Crippen molar-refractivity contribution in [3.8, 4) is 11.3 Å². The van der Waals surface area contributed by atoms with Crippen LogP contribution in [0.25, 0.3) is 22.3 Å². The maximum Gasteiger partial charge on any atom is 0.256 e. The first-order chi connectivity index (χ1) is 13.6. The molecule has 28 heavy (non-hydrogen) atoms. The first-order valence-electron chi connectivity index (χ1n) is 9.29. The molecule has 0 radical (unpaired) electrons. The van der Waals surface area contributed by atoms with Crippen LogP contribution in [-0.2, 0) is 27.1 Å². The van der Waals surface area contributed by atoms with Gasteiger partial charge in [0.05, 0.1) is 34.5 Å². The van der Waals surface area contributed by atoms with Crippen LogP contribution in [0.4, 0.5) is 0 Å². The van der Waals surface area contributed by atoms with Crippen molar-refractivity contribution in [2.45, 2.75) is 13.0 Å². The molecule has 0 saturated heterocycles. The summed E-state index contributed by atoms with van der Waals surface area (Å²) in [7, 11) is 3.90. The lowest BCUT2D eigenvalue weighted by Gasteiger charge is -2.15. The van der Waals surface area contributed by atoms with Gasteiger partial charge in [0.15, 0.2) is 0 Å². The van der Waals surface area contributed by atoms with Crippen LogP contribution in [0.1, 0.15) is 21.9 Å². The fraction of sp³-hybridized carbons (Fsp3) is 0.238. The molecular weight excluding hydrogens is 352 g/mol. The van der Waals surface area contributed by atoms with Crippen molar-refractivity contribution in [1.29, 1.82) is 0 Å². The van der Waals surface area contributed by atoms with E-state index in [4.69, 9.17) is 4.98 Å². The Bertz CT molecular complexity index is 1200. The Labute approximate surface area is 162 Å². The highest BCUT2D eigenvalue weighted by molar-refractivity contribution is 6.03. The molecule has 0 spiro atoms. The highest BCUT2D eigenvalue weighted by atomic mass is 16.2. The minimum atomic E-state index is 0.0260. The lowest BCUT2D eigenvalue weighted by atomic mass is 10.1. The Kier molecular flexibility index (Phi) is 3.75. The minimum Gasteiger partial charge on any atom is -0.332 e. The highest BCUT2D eigenvalue weighted by Gasteiger charge is 2.32. The molecule has 5 rings (SSSR count). The zero-order valence-corrected chi connectivity index (χ0v) is 15.8. The van der Waals surface area contributed by atoms with Gasteiger partial charge in [-0.15, -0.1) is 0 Å². The summed E-state index contributed by atoms with van der Waals surface area (Å²) >= 11 is 0. The second-order valence-corrected chi connectivity index (χ2v) is 7.07. The fourth-order valence-electron chi connectivity index (χ4n) is 3.96. The number of fused-ring (bicyclic) bond motifs is 2. The summed E-state index contributed by atoms with van der Waals surface area (Å²) in [6.45, 7) is 1.14. The molecule has 0 fully saturated rings. The van der Waals surface area contributed by atoms with Crippen molar-refractivity contribution < 1.29 is 4.79 Å². The van der Waals surface area contributed by atoms with E-state index in [9.17, 15) is 4.79 Å². The van der Waals surface area contributed by atoms with Gasteiger partial charge in [0.2, 0.25) is 0 Å². The fourth-order valence-corrected chi connectivity index (χ4v) is 3.96. The van der Waals surface area contributed by atoms with Gasteiger partial charge in [0, 0.05) is 45.0 Å². The molecule has 140 valence electrons. The van der Waals surface area contributed by atoms with Gasteiger partial charge in [0.1, 0.15) is 5.82 Å². The highest BCUT2D eigenvalue weighted by Crippen LogP contribution is 2.31. The summed E-state index contributed by atoms with van der Waals surface area (Å²) in [5.41, 5.74) is 5.42. The third kappa shape index (κ3) is 2.51. The summed E-state index contributed by atoms with van der Waals surface area (Å²) in [6.07, 6.45) is 4.21. The van der Waals surface area contributed by atoms with E-state index in [0.717, 1.165) is 33.8 Å². The number of aryl methyl sites for hydroxylation is 2. The molecule has 4 aromatic rings. The molecule has 0 bridgehead atoms. The number of amides is 1. The molecule has 0 saturated carbocycles. The van der Waals surface area contributed by atoms with Crippen molar-refractivity contribution in [3.63, 3.8) is 0 Å². The van der Waals surface area contributed by atoms with Crippen LogP contribution >= 0.6 is 0 Å². The van der Waals surface area contributed by atoms with Crippen LogP contribution in [0, 0.1) is 0 Å². The molecule has 3 aromatic heterocycles. The minimum absolute atomic E-state index is 0.0260. The predicted octanol–water partition coefficient (Wildman–Crippen LogP) is 2.57. The lowest BCUT2D eigenvalue weighted by Crippen LogP contribution is -2.27. The molecule has 0 N–H and O–H groups in total. The number of carbonyl (C=O) groups is 1. The number of pyridine rings is 1. The standard InChI is InChI=1S/C21H20N6O/c1-25-18-6-4-3-5-15(18)24-19(25)9-12-27-13-16-20(21(27)28)14(7-10-22-16)17-8-11-23-26(17)2/h3-8,10-11H,9,12-13H2,1-2H3. The van der Waals surface area contributed by atoms with E-state index >= 15 is 0 Å². The molecule has 7 nitrogen and oxygen atoms in total. The number of para-hydroxylation sites is 2. The van der Waals surface area contributed by atoms with Crippen LogP contribution in [0.5, 0.6) is 0 Å². The topological polar surface area (TPSA) is 68.8 Å². The first-order valence-corrected chi connectivity index (χ1v) is 9.29. The molecule has 1 aliphatic rings. The van der Waals surface area contributed by atoms with E-state index in [1.165, 1.54) is 0 Å². The number of imidazole rings is 1. The van der Waals surface area contributed by atoms with Gasteiger partial charge >= 0.3 is 0 Å². The molecule has 7 heteroatoms. The van der Waals surface area contributed by atoms with Crippen LogP contribution < -0.4 is 0 Å². The zero-order valence-electron chi connectivity index (χ0n) is 15.8. The molecule has 0 unspecified atom stereocenters. The first kappa shape index (κ1) is 16.7. The van der Waals surface area contributed by atoms with Crippen LogP contribution in [0.3, 0.4) is 0 Å². The summed E-state index contributed by atoms with van der Waals surface area (Å²) in [6, 6.07) is 11.9. The molecule has 0 atom stereocenters. The van der Waals surface area contributed by atoms with E-state index in [0.29, 0.717) is 25.1 Å². The third-order valence-electron chi connectivity index (χ3n) is 5.45. The quantitative estimate of drug-likeness (QED) is 0.552. The number of nitrogens with zero attached hydrogens (tertiary/aromatic N) is 6. The summed E-state index contributed by atoms with van der Waals surface area (Å²) in [4.78, 5) is 24.2. The van der Waals surface area contributed by atoms with Gasteiger partial charge in [-0.3, -0.25) is 14.5 Å². The smallest absolute Gasteiger partial charge is 0.256 e. The largest absolute Gasteiger partial charge is 0.332 e. The third-order valence-corrected chi connectivity index (χ3v) is 5.45. The molecule has 1 amide bonds. The number of rotatable bonds is 4. The Hall–Kier alpha value is -3.48. The second kappa shape index (κ2) is 6.30. The Morgan fingerprint density at radius 1 is 1.07 bits per heavy atom. The maximum absolute atomic E-state index is 13.1. The van der Waals surface area contributed by atoms with Gasteiger partial charge < -0.3 is 9.47 Å². The van der Waals surface area contributed by atoms with Crippen molar-refractivity contribution >= 4 is 16.9 Å². The van der Waals surface area contributed by atoms with E-state index in [1.54, 1.807) is 17.1 Å². The molecule has 1 aromatic carbocycles. The van der Waals surface area contributed by atoms with Crippen molar-refractivity contribution in [2.24, 2.45) is 14.1 Å². The summed E-state index contributed by atoms with van der Waals surface area (Å²) < 4.78 is 3.88. The normalized spacial score (nSPS) is 13.5. The van der Waals surface area contributed by atoms with E-state index in [-0.39, 0.29) is 5.91 Å². The number of hydrogen-bond donors (Lipinski definition) is 0. The number of aromatic nitrogens is 5.